The lowest BCUT2D eigenvalue weighted by Crippen LogP contribution is -1.97. The zero-order chi connectivity index (χ0) is 13.8. The monoisotopic (exact) mass is 283 g/mol. The van der Waals surface area contributed by atoms with Gasteiger partial charge in [0, 0.05) is 17.4 Å². The van der Waals surface area contributed by atoms with E-state index in [-0.39, 0.29) is 12.7 Å². The number of hydrogen-bond acceptors (Lipinski definition) is 4. The fourth-order valence-electron chi connectivity index (χ4n) is 1.63. The molecule has 5 nitrogen and oxygen atoms in total. The molecule has 2 rings (SSSR count). The summed E-state index contributed by atoms with van der Waals surface area (Å²) in [6.45, 7) is 4.23. The molecule has 0 radical (unpaired) electrons. The van der Waals surface area contributed by atoms with Crippen LogP contribution >= 0.6 is 0 Å². The molecule has 0 fully saturated rings. The summed E-state index contributed by atoms with van der Waals surface area (Å²) in [6, 6.07) is 4.94. The molecule has 0 spiro atoms. The Balaban J connectivity index is 2.09. The second-order valence-corrected chi connectivity index (χ2v) is 6.00. The van der Waals surface area contributed by atoms with Crippen LogP contribution in [0.5, 0.6) is 11.5 Å². The number of hydrogen-bond donors (Lipinski definition) is 1. The predicted octanol–water partition coefficient (Wildman–Crippen LogP) is 2.40. The summed E-state index contributed by atoms with van der Waals surface area (Å²) >= 11 is 0. The molecule has 0 aromatic heterocycles. The third kappa shape index (κ3) is 3.70. The van der Waals surface area contributed by atoms with E-state index in [2.05, 4.69) is 4.36 Å². The Labute approximate surface area is 114 Å². The van der Waals surface area contributed by atoms with Gasteiger partial charge in [-0.05, 0) is 24.5 Å². The standard InChI is InChI=1S/C13H17NO4S/c1-9(2)3-6-13(15)14-19(16)10-4-5-11-12(7-10)18-8-17-11/h4-5,7,9,19H,3,6,8H2,1-2H3. The Morgan fingerprint density at radius 3 is 2.84 bits per heavy atom. The molecule has 19 heavy (non-hydrogen) atoms. The topological polar surface area (TPSA) is 65.0 Å². The van der Waals surface area contributed by atoms with Crippen molar-refractivity contribution < 1.29 is 18.5 Å². The number of carbonyl (C=O) groups is 1. The third-order valence-electron chi connectivity index (χ3n) is 2.71. The molecular weight excluding hydrogens is 266 g/mol. The van der Waals surface area contributed by atoms with Gasteiger partial charge in [-0.1, -0.05) is 13.8 Å². The minimum absolute atomic E-state index is 0.167. The number of thiol groups is 1. The Kier molecular flexibility index (Phi) is 4.42. The van der Waals surface area contributed by atoms with Crippen molar-refractivity contribution in [3.05, 3.63) is 18.2 Å². The molecule has 6 heteroatoms. The van der Waals surface area contributed by atoms with Crippen LogP contribution < -0.4 is 9.47 Å². The number of fused-ring (bicyclic) bond motifs is 1. The minimum Gasteiger partial charge on any atom is -0.454 e. The van der Waals surface area contributed by atoms with Gasteiger partial charge in [-0.15, -0.1) is 0 Å². The first-order valence-electron chi connectivity index (χ1n) is 6.17. The van der Waals surface area contributed by atoms with E-state index in [0.29, 0.717) is 28.7 Å². The highest BCUT2D eigenvalue weighted by Crippen LogP contribution is 2.32. The highest BCUT2D eigenvalue weighted by atomic mass is 32.2. The summed E-state index contributed by atoms with van der Waals surface area (Å²) in [7, 11) is -2.06. The van der Waals surface area contributed by atoms with Gasteiger partial charge in [0.05, 0.1) is 10.6 Å². The van der Waals surface area contributed by atoms with Crippen molar-refractivity contribution in [2.45, 2.75) is 31.6 Å². The van der Waals surface area contributed by atoms with Gasteiger partial charge in [-0.25, -0.2) is 4.21 Å². The van der Waals surface area contributed by atoms with E-state index >= 15 is 0 Å². The number of benzene rings is 1. The fourth-order valence-corrected chi connectivity index (χ4v) is 2.47. The number of nitrogens with zero attached hydrogens (tertiary/aromatic N) is 1. The smallest absolute Gasteiger partial charge is 0.253 e. The summed E-state index contributed by atoms with van der Waals surface area (Å²) in [5, 5.41) is 0. The van der Waals surface area contributed by atoms with Crippen LogP contribution in [0, 0.1) is 5.92 Å². The van der Waals surface area contributed by atoms with Crippen molar-refractivity contribution in [2.75, 3.05) is 6.79 Å². The van der Waals surface area contributed by atoms with Crippen molar-refractivity contribution >= 4 is 16.5 Å². The van der Waals surface area contributed by atoms with Crippen LogP contribution in [0.3, 0.4) is 0 Å². The average molecular weight is 283 g/mol. The molecule has 0 saturated carbocycles. The van der Waals surface area contributed by atoms with Crippen LogP contribution in [0.25, 0.3) is 0 Å². The Morgan fingerprint density at radius 2 is 2.11 bits per heavy atom. The van der Waals surface area contributed by atoms with E-state index in [0.717, 1.165) is 6.42 Å². The van der Waals surface area contributed by atoms with Gasteiger partial charge in [0.1, 0.15) is 0 Å². The Bertz CT molecular complexity index is 562. The van der Waals surface area contributed by atoms with Crippen molar-refractivity contribution in [2.24, 2.45) is 10.3 Å². The van der Waals surface area contributed by atoms with Crippen LogP contribution in [0.1, 0.15) is 26.7 Å². The first kappa shape index (κ1) is 13.9. The average Bonchev–Trinajstić information content (AvgIpc) is 2.83. The molecule has 1 aromatic carbocycles. The maximum atomic E-state index is 12.0. The molecule has 1 unspecified atom stereocenters. The highest BCUT2D eigenvalue weighted by Gasteiger charge is 2.13. The molecular formula is C13H17NO4S. The van der Waals surface area contributed by atoms with Gasteiger partial charge in [0.2, 0.25) is 6.79 Å². The van der Waals surface area contributed by atoms with Crippen molar-refractivity contribution in [1.29, 1.82) is 0 Å². The molecule has 0 bridgehead atoms. The first-order chi connectivity index (χ1) is 9.06. The molecule has 1 aromatic rings. The molecule has 1 heterocycles. The predicted molar refractivity (Wildman–Crippen MR) is 71.9 cm³/mol. The maximum absolute atomic E-state index is 12.0. The van der Waals surface area contributed by atoms with Crippen molar-refractivity contribution in [1.82, 2.24) is 0 Å². The van der Waals surface area contributed by atoms with Gasteiger partial charge >= 0.3 is 0 Å². The van der Waals surface area contributed by atoms with E-state index in [9.17, 15) is 9.00 Å². The zero-order valence-electron chi connectivity index (χ0n) is 11.0. The van der Waals surface area contributed by atoms with Gasteiger partial charge in [-0.2, -0.15) is 4.36 Å². The minimum atomic E-state index is -2.06. The summed E-state index contributed by atoms with van der Waals surface area (Å²) in [4.78, 5) is 12.0. The molecule has 1 aliphatic rings. The number of amides is 1. The third-order valence-corrected chi connectivity index (χ3v) is 3.84. The van der Waals surface area contributed by atoms with Crippen LogP contribution in [-0.4, -0.2) is 16.9 Å². The van der Waals surface area contributed by atoms with E-state index in [1.54, 1.807) is 18.2 Å². The first-order valence-corrected chi connectivity index (χ1v) is 7.39. The number of carbonyl (C=O) groups excluding carboxylic acids is 1. The Morgan fingerprint density at radius 1 is 1.37 bits per heavy atom. The molecule has 1 aliphatic heterocycles. The normalized spacial score (nSPS) is 14.9. The molecule has 104 valence electrons. The molecule has 0 aliphatic carbocycles. The van der Waals surface area contributed by atoms with Gasteiger partial charge in [0.15, 0.2) is 11.5 Å². The lowest BCUT2D eigenvalue weighted by Gasteiger charge is -2.00. The van der Waals surface area contributed by atoms with Crippen LogP contribution in [0.4, 0.5) is 0 Å². The summed E-state index contributed by atoms with van der Waals surface area (Å²) in [5.74, 6) is 1.29. The fraction of sp³-hybridized carbons (Fsp3) is 0.462. The second-order valence-electron chi connectivity index (χ2n) is 4.74. The van der Waals surface area contributed by atoms with Gasteiger partial charge in [-0.3, -0.25) is 4.79 Å². The lowest BCUT2D eigenvalue weighted by atomic mass is 10.1. The Hall–Kier alpha value is -1.56. The lowest BCUT2D eigenvalue weighted by molar-refractivity contribution is -0.117. The van der Waals surface area contributed by atoms with Gasteiger partial charge in [0.25, 0.3) is 5.91 Å². The van der Waals surface area contributed by atoms with Crippen molar-refractivity contribution in [3.63, 3.8) is 0 Å². The second kappa shape index (κ2) is 6.06. The van der Waals surface area contributed by atoms with E-state index in [1.165, 1.54) is 0 Å². The number of rotatable bonds is 4. The van der Waals surface area contributed by atoms with E-state index in [1.807, 2.05) is 13.8 Å². The van der Waals surface area contributed by atoms with E-state index < -0.39 is 10.6 Å². The van der Waals surface area contributed by atoms with Gasteiger partial charge < -0.3 is 9.47 Å². The summed E-state index contributed by atoms with van der Waals surface area (Å²) < 4.78 is 26.0. The summed E-state index contributed by atoms with van der Waals surface area (Å²) in [5.41, 5.74) is 0. The largest absolute Gasteiger partial charge is 0.454 e. The zero-order valence-corrected chi connectivity index (χ0v) is 11.9. The number of ether oxygens (including phenoxy) is 2. The van der Waals surface area contributed by atoms with E-state index in [4.69, 9.17) is 9.47 Å². The van der Waals surface area contributed by atoms with Crippen LogP contribution in [0.2, 0.25) is 0 Å². The molecule has 1 amide bonds. The maximum Gasteiger partial charge on any atom is 0.253 e. The van der Waals surface area contributed by atoms with Crippen LogP contribution in [0.15, 0.2) is 27.5 Å². The molecule has 0 N–H and O–H groups in total. The SMILES string of the molecule is CC(C)CCC(=O)/N=[SH](=O)/c1ccc2c(c1)OCO2. The summed E-state index contributed by atoms with van der Waals surface area (Å²) in [6.07, 6.45) is 1.09. The molecule has 1 atom stereocenters. The van der Waals surface area contributed by atoms with Crippen molar-refractivity contribution in [3.8, 4) is 11.5 Å². The highest BCUT2D eigenvalue weighted by molar-refractivity contribution is 7.75. The quantitative estimate of drug-likeness (QED) is 0.862. The molecule has 0 saturated heterocycles. The van der Waals surface area contributed by atoms with Crippen LogP contribution in [-0.2, 0) is 15.4 Å².